The summed E-state index contributed by atoms with van der Waals surface area (Å²) in [5, 5.41) is 3.61. The monoisotopic (exact) mass is 275 g/mol. The molecule has 1 aromatic carbocycles. The van der Waals surface area contributed by atoms with Crippen molar-refractivity contribution in [3.05, 3.63) is 35.9 Å². The molecule has 0 aromatic heterocycles. The van der Waals surface area contributed by atoms with Crippen molar-refractivity contribution < 1.29 is 4.74 Å². The van der Waals surface area contributed by atoms with Crippen LogP contribution in [0.15, 0.2) is 30.3 Å². The van der Waals surface area contributed by atoms with Crippen molar-refractivity contribution in [3.8, 4) is 0 Å². The van der Waals surface area contributed by atoms with Crippen molar-refractivity contribution in [1.29, 1.82) is 0 Å². The summed E-state index contributed by atoms with van der Waals surface area (Å²) in [4.78, 5) is 0. The highest BCUT2D eigenvalue weighted by molar-refractivity contribution is 5.18. The van der Waals surface area contributed by atoms with Gasteiger partial charge < -0.3 is 10.1 Å². The number of ether oxygens (including phenoxy) is 1. The first-order valence-corrected chi connectivity index (χ1v) is 8.30. The summed E-state index contributed by atoms with van der Waals surface area (Å²) >= 11 is 0. The van der Waals surface area contributed by atoms with Crippen LogP contribution in [-0.2, 0) is 4.74 Å². The molecule has 1 N–H and O–H groups in total. The lowest BCUT2D eigenvalue weighted by atomic mass is 9.99. The van der Waals surface area contributed by atoms with E-state index in [2.05, 4.69) is 42.6 Å². The summed E-state index contributed by atoms with van der Waals surface area (Å²) in [5.41, 5.74) is 1.42. The molecule has 1 heterocycles. The van der Waals surface area contributed by atoms with E-state index in [1.165, 1.54) is 50.5 Å². The zero-order valence-corrected chi connectivity index (χ0v) is 12.8. The van der Waals surface area contributed by atoms with E-state index in [4.69, 9.17) is 4.74 Å². The minimum Gasteiger partial charge on any atom is -0.378 e. The maximum atomic E-state index is 5.68. The minimum absolute atomic E-state index is 0.518. The van der Waals surface area contributed by atoms with Gasteiger partial charge in [0.25, 0.3) is 0 Å². The first kappa shape index (κ1) is 15.5. The Morgan fingerprint density at radius 3 is 2.75 bits per heavy atom. The van der Waals surface area contributed by atoms with Crippen LogP contribution in [0.2, 0.25) is 0 Å². The van der Waals surface area contributed by atoms with Gasteiger partial charge in [0.05, 0.1) is 6.10 Å². The van der Waals surface area contributed by atoms with Crippen molar-refractivity contribution >= 4 is 0 Å². The molecule has 0 radical (unpaired) electrons. The fourth-order valence-electron chi connectivity index (χ4n) is 3.09. The van der Waals surface area contributed by atoms with Crippen molar-refractivity contribution in [2.45, 2.75) is 64.0 Å². The van der Waals surface area contributed by atoms with Crippen LogP contribution >= 0.6 is 0 Å². The Bertz CT molecular complexity index is 346. The molecule has 0 spiro atoms. The highest BCUT2D eigenvalue weighted by Crippen LogP contribution is 2.22. The highest BCUT2D eigenvalue weighted by atomic mass is 16.5. The average molecular weight is 275 g/mol. The van der Waals surface area contributed by atoms with E-state index < -0.39 is 0 Å². The predicted molar refractivity (Wildman–Crippen MR) is 84.9 cm³/mol. The molecule has 1 aliphatic heterocycles. The second-order valence-electron chi connectivity index (χ2n) is 5.79. The lowest BCUT2D eigenvalue weighted by Gasteiger charge is -2.18. The molecule has 0 amide bonds. The first-order valence-electron chi connectivity index (χ1n) is 8.30. The van der Waals surface area contributed by atoms with Crippen LogP contribution in [-0.4, -0.2) is 19.3 Å². The Labute approximate surface area is 123 Å². The number of unbranched alkanes of at least 4 members (excludes halogenated alkanes) is 2. The summed E-state index contributed by atoms with van der Waals surface area (Å²) < 4.78 is 5.68. The van der Waals surface area contributed by atoms with Gasteiger partial charge in [0, 0.05) is 12.6 Å². The van der Waals surface area contributed by atoms with Crippen LogP contribution in [0.5, 0.6) is 0 Å². The van der Waals surface area contributed by atoms with Gasteiger partial charge in [0.1, 0.15) is 0 Å². The van der Waals surface area contributed by atoms with Crippen molar-refractivity contribution in [2.75, 3.05) is 13.2 Å². The molecular formula is C18H29NO. The van der Waals surface area contributed by atoms with E-state index in [1.807, 2.05) is 0 Å². The standard InChI is InChI=1S/C18H29NO/c1-2-19-18(16-10-5-3-6-11-16)14-8-4-7-12-17-13-9-15-20-17/h3,5-6,10-11,17-19H,2,4,7-9,12-15H2,1H3. The van der Waals surface area contributed by atoms with E-state index >= 15 is 0 Å². The first-order chi connectivity index (χ1) is 9.90. The van der Waals surface area contributed by atoms with Crippen molar-refractivity contribution in [2.24, 2.45) is 0 Å². The number of nitrogens with one attached hydrogen (secondary N) is 1. The summed E-state index contributed by atoms with van der Waals surface area (Å²) in [6.45, 7) is 4.21. The number of benzene rings is 1. The molecule has 0 bridgehead atoms. The largest absolute Gasteiger partial charge is 0.378 e. The van der Waals surface area contributed by atoms with Gasteiger partial charge in [-0.3, -0.25) is 0 Å². The molecule has 0 saturated carbocycles. The maximum Gasteiger partial charge on any atom is 0.0576 e. The Morgan fingerprint density at radius 2 is 2.05 bits per heavy atom. The lowest BCUT2D eigenvalue weighted by molar-refractivity contribution is 0.102. The lowest BCUT2D eigenvalue weighted by Crippen LogP contribution is -2.20. The molecule has 1 aromatic rings. The van der Waals surface area contributed by atoms with E-state index in [-0.39, 0.29) is 0 Å². The van der Waals surface area contributed by atoms with Gasteiger partial charge in [0.2, 0.25) is 0 Å². The summed E-state index contributed by atoms with van der Waals surface area (Å²) in [6, 6.07) is 11.4. The van der Waals surface area contributed by atoms with E-state index in [0.29, 0.717) is 12.1 Å². The molecular weight excluding hydrogens is 246 g/mol. The molecule has 1 aliphatic rings. The van der Waals surface area contributed by atoms with Crippen LogP contribution in [0, 0.1) is 0 Å². The van der Waals surface area contributed by atoms with E-state index in [1.54, 1.807) is 0 Å². The zero-order chi connectivity index (χ0) is 14.0. The highest BCUT2D eigenvalue weighted by Gasteiger charge is 2.14. The van der Waals surface area contributed by atoms with Crippen LogP contribution in [0.4, 0.5) is 0 Å². The third-order valence-corrected chi connectivity index (χ3v) is 4.20. The molecule has 2 rings (SSSR count). The van der Waals surface area contributed by atoms with Gasteiger partial charge in [-0.25, -0.2) is 0 Å². The fourth-order valence-corrected chi connectivity index (χ4v) is 3.09. The SMILES string of the molecule is CCNC(CCCCCC1CCCO1)c1ccccc1. The van der Waals surface area contributed by atoms with Crippen molar-refractivity contribution in [1.82, 2.24) is 5.32 Å². The summed E-state index contributed by atoms with van der Waals surface area (Å²) in [6.07, 6.45) is 9.56. The number of hydrogen-bond acceptors (Lipinski definition) is 2. The molecule has 2 unspecified atom stereocenters. The maximum absolute atomic E-state index is 5.68. The molecule has 2 nitrogen and oxygen atoms in total. The molecule has 0 aliphatic carbocycles. The topological polar surface area (TPSA) is 21.3 Å². The van der Waals surface area contributed by atoms with Gasteiger partial charge in [-0.15, -0.1) is 0 Å². The van der Waals surface area contributed by atoms with Gasteiger partial charge in [-0.2, -0.15) is 0 Å². The van der Waals surface area contributed by atoms with E-state index in [0.717, 1.165) is 13.2 Å². The van der Waals surface area contributed by atoms with Gasteiger partial charge in [-0.1, -0.05) is 56.5 Å². The van der Waals surface area contributed by atoms with E-state index in [9.17, 15) is 0 Å². The van der Waals surface area contributed by atoms with Crippen molar-refractivity contribution in [3.63, 3.8) is 0 Å². The van der Waals surface area contributed by atoms with Crippen LogP contribution < -0.4 is 5.32 Å². The molecule has 112 valence electrons. The van der Waals surface area contributed by atoms with Crippen LogP contribution in [0.3, 0.4) is 0 Å². The summed E-state index contributed by atoms with van der Waals surface area (Å²) in [7, 11) is 0. The average Bonchev–Trinajstić information content (AvgIpc) is 3.00. The Balaban J connectivity index is 1.64. The molecule has 20 heavy (non-hydrogen) atoms. The molecule has 1 fully saturated rings. The second-order valence-corrected chi connectivity index (χ2v) is 5.79. The quantitative estimate of drug-likeness (QED) is 0.672. The Kier molecular flexibility index (Phi) is 7.10. The number of rotatable bonds is 9. The Hall–Kier alpha value is -0.860. The molecule has 1 saturated heterocycles. The molecule has 2 atom stereocenters. The molecule has 2 heteroatoms. The minimum atomic E-state index is 0.518. The Morgan fingerprint density at radius 1 is 1.20 bits per heavy atom. The second kappa shape index (κ2) is 9.15. The van der Waals surface area contributed by atoms with Gasteiger partial charge >= 0.3 is 0 Å². The zero-order valence-electron chi connectivity index (χ0n) is 12.8. The summed E-state index contributed by atoms with van der Waals surface area (Å²) in [5.74, 6) is 0. The third kappa shape index (κ3) is 5.26. The van der Waals surface area contributed by atoms with Gasteiger partial charge in [0.15, 0.2) is 0 Å². The predicted octanol–water partition coefficient (Wildman–Crippen LogP) is 4.47. The normalized spacial score (nSPS) is 20.1. The van der Waals surface area contributed by atoms with Gasteiger partial charge in [-0.05, 0) is 37.8 Å². The smallest absolute Gasteiger partial charge is 0.0576 e. The van der Waals surface area contributed by atoms with Crippen LogP contribution in [0.1, 0.15) is 63.5 Å². The third-order valence-electron chi connectivity index (χ3n) is 4.20. The fraction of sp³-hybridized carbons (Fsp3) is 0.667. The number of hydrogen-bond donors (Lipinski definition) is 1. The van der Waals surface area contributed by atoms with Crippen LogP contribution in [0.25, 0.3) is 0 Å².